The second kappa shape index (κ2) is 7.80. The van der Waals surface area contributed by atoms with Gasteiger partial charge < -0.3 is 15.2 Å². The summed E-state index contributed by atoms with van der Waals surface area (Å²) >= 11 is 0. The molecule has 1 aliphatic carbocycles. The summed E-state index contributed by atoms with van der Waals surface area (Å²) in [4.78, 5) is 23.9. The number of hydrogen-bond donors (Lipinski definition) is 2. The number of nitrogens with one attached hydrogen (secondary N) is 1. The summed E-state index contributed by atoms with van der Waals surface area (Å²) in [6.45, 7) is 0. The van der Waals surface area contributed by atoms with E-state index >= 15 is 0 Å². The highest BCUT2D eigenvalue weighted by Gasteiger charge is 2.44. The van der Waals surface area contributed by atoms with Crippen LogP contribution in [0.25, 0.3) is 11.1 Å². The van der Waals surface area contributed by atoms with Gasteiger partial charge in [0.05, 0.1) is 18.4 Å². The fourth-order valence-electron chi connectivity index (χ4n) is 3.57. The minimum atomic E-state index is -1.05. The standard InChI is InChI=1S/C24H21NO4/c1-29-22-12-11-18(24(27)28)13-21(22)25-23(26)20-14-19(20)17-9-7-16(8-10-17)15-5-3-2-4-6-15/h2-13,19-20H,14H2,1H3,(H,25,26)(H,27,28)/t19-,20+/m1/s1. The second-order valence-corrected chi connectivity index (χ2v) is 7.15. The molecule has 1 aliphatic rings. The molecule has 0 spiro atoms. The van der Waals surface area contributed by atoms with Gasteiger partial charge in [0, 0.05) is 5.92 Å². The molecule has 3 aromatic carbocycles. The van der Waals surface area contributed by atoms with Gasteiger partial charge in [-0.05, 0) is 47.2 Å². The molecule has 5 heteroatoms. The molecular formula is C24H21NO4. The highest BCUT2D eigenvalue weighted by molar-refractivity contribution is 5.98. The van der Waals surface area contributed by atoms with Crippen molar-refractivity contribution < 1.29 is 19.4 Å². The molecule has 0 heterocycles. The largest absolute Gasteiger partial charge is 0.495 e. The number of carbonyl (C=O) groups excluding carboxylic acids is 1. The van der Waals surface area contributed by atoms with Gasteiger partial charge in [-0.15, -0.1) is 0 Å². The zero-order valence-corrected chi connectivity index (χ0v) is 16.0. The lowest BCUT2D eigenvalue weighted by molar-refractivity contribution is -0.117. The smallest absolute Gasteiger partial charge is 0.335 e. The lowest BCUT2D eigenvalue weighted by Crippen LogP contribution is -2.15. The van der Waals surface area contributed by atoms with Crippen LogP contribution in [0.3, 0.4) is 0 Å². The van der Waals surface area contributed by atoms with Crippen molar-refractivity contribution >= 4 is 17.6 Å². The number of hydrogen-bond acceptors (Lipinski definition) is 3. The summed E-state index contributed by atoms with van der Waals surface area (Å²) in [5.74, 6) is -0.689. The van der Waals surface area contributed by atoms with Crippen molar-refractivity contribution in [2.75, 3.05) is 12.4 Å². The minimum absolute atomic E-state index is 0.102. The monoisotopic (exact) mass is 387 g/mol. The molecular weight excluding hydrogens is 366 g/mol. The van der Waals surface area contributed by atoms with Crippen molar-refractivity contribution in [1.29, 1.82) is 0 Å². The molecule has 1 fully saturated rings. The lowest BCUT2D eigenvalue weighted by Gasteiger charge is -2.11. The van der Waals surface area contributed by atoms with Crippen molar-refractivity contribution in [1.82, 2.24) is 0 Å². The fourth-order valence-corrected chi connectivity index (χ4v) is 3.57. The fraction of sp³-hybridized carbons (Fsp3) is 0.167. The van der Waals surface area contributed by atoms with Gasteiger partial charge in [0.25, 0.3) is 0 Å². The molecule has 3 aromatic rings. The van der Waals surface area contributed by atoms with Crippen LogP contribution in [0.1, 0.15) is 28.3 Å². The summed E-state index contributed by atoms with van der Waals surface area (Å²) in [6.07, 6.45) is 0.775. The first kappa shape index (κ1) is 18.7. The molecule has 0 aromatic heterocycles. The van der Waals surface area contributed by atoms with Crippen molar-refractivity contribution in [2.24, 2.45) is 5.92 Å². The molecule has 146 valence electrons. The van der Waals surface area contributed by atoms with Crippen molar-refractivity contribution in [3.8, 4) is 16.9 Å². The van der Waals surface area contributed by atoms with Crippen LogP contribution in [-0.4, -0.2) is 24.1 Å². The Morgan fingerprint density at radius 3 is 2.31 bits per heavy atom. The van der Waals surface area contributed by atoms with Crippen LogP contribution in [0.15, 0.2) is 72.8 Å². The zero-order chi connectivity index (χ0) is 20.4. The molecule has 1 saturated carbocycles. The molecule has 1 amide bonds. The normalized spacial score (nSPS) is 17.4. The van der Waals surface area contributed by atoms with Crippen LogP contribution in [0.2, 0.25) is 0 Å². The summed E-state index contributed by atoms with van der Waals surface area (Å²) in [5.41, 5.74) is 3.92. The minimum Gasteiger partial charge on any atom is -0.495 e. The van der Waals surface area contributed by atoms with E-state index in [2.05, 4.69) is 41.7 Å². The predicted molar refractivity (Wildman–Crippen MR) is 111 cm³/mol. The number of benzene rings is 3. The van der Waals surface area contributed by atoms with Gasteiger partial charge in [-0.25, -0.2) is 4.79 Å². The van der Waals surface area contributed by atoms with E-state index in [1.54, 1.807) is 6.07 Å². The number of amides is 1. The van der Waals surface area contributed by atoms with Crippen LogP contribution in [0, 0.1) is 5.92 Å². The second-order valence-electron chi connectivity index (χ2n) is 7.15. The average Bonchev–Trinajstić information content (AvgIpc) is 3.55. The van der Waals surface area contributed by atoms with Gasteiger partial charge in [-0.2, -0.15) is 0 Å². The predicted octanol–water partition coefficient (Wildman–Crippen LogP) is 4.80. The highest BCUT2D eigenvalue weighted by Crippen LogP contribution is 2.48. The van der Waals surface area contributed by atoms with Gasteiger partial charge in [0.1, 0.15) is 5.75 Å². The van der Waals surface area contributed by atoms with E-state index in [-0.39, 0.29) is 23.3 Å². The Labute approximate surface area is 169 Å². The Balaban J connectivity index is 1.45. The Hall–Kier alpha value is -3.60. The van der Waals surface area contributed by atoms with E-state index in [4.69, 9.17) is 4.74 Å². The van der Waals surface area contributed by atoms with E-state index in [0.29, 0.717) is 11.4 Å². The van der Waals surface area contributed by atoms with Crippen molar-refractivity contribution in [3.05, 3.63) is 83.9 Å². The Morgan fingerprint density at radius 1 is 0.966 bits per heavy atom. The van der Waals surface area contributed by atoms with Crippen LogP contribution in [0.5, 0.6) is 5.75 Å². The highest BCUT2D eigenvalue weighted by atomic mass is 16.5. The first-order chi connectivity index (χ1) is 14.1. The zero-order valence-electron chi connectivity index (χ0n) is 16.0. The topological polar surface area (TPSA) is 75.6 Å². The molecule has 2 atom stereocenters. The summed E-state index contributed by atoms with van der Waals surface area (Å²) in [6, 6.07) is 22.9. The molecule has 5 nitrogen and oxygen atoms in total. The van der Waals surface area contributed by atoms with Gasteiger partial charge in [-0.1, -0.05) is 54.6 Å². The number of carboxylic acids is 1. The molecule has 4 rings (SSSR count). The van der Waals surface area contributed by atoms with Crippen LogP contribution < -0.4 is 10.1 Å². The van der Waals surface area contributed by atoms with Crippen LogP contribution >= 0.6 is 0 Å². The SMILES string of the molecule is COc1ccc(C(=O)O)cc1NC(=O)[C@H]1C[C@@H]1c1ccc(-c2ccccc2)cc1. The maximum Gasteiger partial charge on any atom is 0.335 e. The van der Waals surface area contributed by atoms with Gasteiger partial charge in [0.15, 0.2) is 0 Å². The van der Waals surface area contributed by atoms with E-state index in [0.717, 1.165) is 23.1 Å². The van der Waals surface area contributed by atoms with Gasteiger partial charge in [0.2, 0.25) is 5.91 Å². The molecule has 0 aliphatic heterocycles. The Morgan fingerprint density at radius 2 is 1.66 bits per heavy atom. The number of ether oxygens (including phenoxy) is 1. The summed E-state index contributed by atoms with van der Waals surface area (Å²) < 4.78 is 5.24. The third-order valence-corrected chi connectivity index (χ3v) is 5.28. The molecule has 2 N–H and O–H groups in total. The first-order valence-corrected chi connectivity index (χ1v) is 9.44. The maximum atomic E-state index is 12.7. The third-order valence-electron chi connectivity index (χ3n) is 5.28. The summed E-state index contributed by atoms with van der Waals surface area (Å²) in [7, 11) is 1.49. The van der Waals surface area contributed by atoms with E-state index in [1.165, 1.54) is 19.2 Å². The number of rotatable bonds is 6. The Kier molecular flexibility index (Phi) is 5.04. The van der Waals surface area contributed by atoms with Crippen LogP contribution in [-0.2, 0) is 4.79 Å². The van der Waals surface area contributed by atoms with Gasteiger partial charge >= 0.3 is 5.97 Å². The number of aromatic carboxylic acids is 1. The molecule has 0 bridgehead atoms. The maximum absolute atomic E-state index is 12.7. The van der Waals surface area contributed by atoms with E-state index in [1.807, 2.05) is 18.2 Å². The number of carbonyl (C=O) groups is 2. The quantitative estimate of drug-likeness (QED) is 0.637. The van der Waals surface area contributed by atoms with Crippen LogP contribution in [0.4, 0.5) is 5.69 Å². The number of carboxylic acid groups (broad SMARTS) is 1. The van der Waals surface area contributed by atoms with Crippen molar-refractivity contribution in [2.45, 2.75) is 12.3 Å². The Bertz CT molecular complexity index is 1040. The number of anilines is 1. The number of methoxy groups -OCH3 is 1. The molecule has 29 heavy (non-hydrogen) atoms. The first-order valence-electron chi connectivity index (χ1n) is 9.44. The average molecular weight is 387 g/mol. The molecule has 0 saturated heterocycles. The van der Waals surface area contributed by atoms with E-state index in [9.17, 15) is 14.7 Å². The lowest BCUT2D eigenvalue weighted by atomic mass is 10.0. The molecule has 0 radical (unpaired) electrons. The molecule has 0 unspecified atom stereocenters. The van der Waals surface area contributed by atoms with Crippen molar-refractivity contribution in [3.63, 3.8) is 0 Å². The third kappa shape index (κ3) is 3.99. The van der Waals surface area contributed by atoms with E-state index < -0.39 is 5.97 Å². The van der Waals surface area contributed by atoms with Gasteiger partial charge in [-0.3, -0.25) is 4.79 Å². The summed E-state index contributed by atoms with van der Waals surface area (Å²) in [5, 5.41) is 12.0.